The number of hydrogen-bond donors (Lipinski definition) is 2. The molecule has 1 heterocycles. The van der Waals surface area contributed by atoms with Crippen LogP contribution < -0.4 is 11.1 Å². The van der Waals surface area contributed by atoms with Crippen LogP contribution in [0.4, 0.5) is 0 Å². The summed E-state index contributed by atoms with van der Waals surface area (Å²) < 4.78 is 0. The van der Waals surface area contributed by atoms with E-state index in [4.69, 9.17) is 5.73 Å². The summed E-state index contributed by atoms with van der Waals surface area (Å²) >= 11 is 0. The first kappa shape index (κ1) is 8.53. The second-order valence-corrected chi connectivity index (χ2v) is 3.22. The van der Waals surface area contributed by atoms with Crippen LogP contribution in [0.1, 0.15) is 25.7 Å². The number of piperidine rings is 1. The van der Waals surface area contributed by atoms with E-state index in [9.17, 15) is 4.79 Å². The van der Waals surface area contributed by atoms with Gasteiger partial charge in [0.1, 0.15) is 0 Å². The highest BCUT2D eigenvalue weighted by molar-refractivity contribution is 5.73. The maximum Gasteiger partial charge on any atom is 0.217 e. The van der Waals surface area contributed by atoms with Gasteiger partial charge in [0.15, 0.2) is 0 Å². The van der Waals surface area contributed by atoms with Crippen LogP contribution in [-0.2, 0) is 4.79 Å². The number of rotatable bonds is 3. The van der Waals surface area contributed by atoms with Crippen LogP contribution in [0.2, 0.25) is 0 Å². The minimum Gasteiger partial charge on any atom is -0.370 e. The van der Waals surface area contributed by atoms with Gasteiger partial charge in [0.2, 0.25) is 5.91 Å². The Morgan fingerprint density at radius 2 is 2.45 bits per heavy atom. The average Bonchev–Trinajstić information content (AvgIpc) is 2.03. The van der Waals surface area contributed by atoms with Crippen LogP contribution in [0.5, 0.6) is 0 Å². The van der Waals surface area contributed by atoms with E-state index in [0.717, 1.165) is 19.5 Å². The van der Waals surface area contributed by atoms with Crippen LogP contribution in [-0.4, -0.2) is 19.0 Å². The lowest BCUT2D eigenvalue weighted by atomic mass is 9.95. The zero-order valence-electron chi connectivity index (χ0n) is 6.81. The number of carbonyl (C=O) groups excluding carboxylic acids is 1. The van der Waals surface area contributed by atoms with Gasteiger partial charge in [-0.2, -0.15) is 0 Å². The highest BCUT2D eigenvalue weighted by atomic mass is 16.1. The summed E-state index contributed by atoms with van der Waals surface area (Å²) in [4.78, 5) is 10.4. The van der Waals surface area contributed by atoms with Crippen molar-refractivity contribution in [3.05, 3.63) is 0 Å². The number of nitrogens with one attached hydrogen (secondary N) is 1. The fourth-order valence-corrected chi connectivity index (χ4v) is 1.52. The maximum atomic E-state index is 10.4. The van der Waals surface area contributed by atoms with Gasteiger partial charge in [-0.25, -0.2) is 0 Å². The van der Waals surface area contributed by atoms with Crippen molar-refractivity contribution in [2.75, 3.05) is 13.1 Å². The predicted molar refractivity (Wildman–Crippen MR) is 44.0 cm³/mol. The van der Waals surface area contributed by atoms with Gasteiger partial charge in [-0.15, -0.1) is 0 Å². The smallest absolute Gasteiger partial charge is 0.217 e. The minimum absolute atomic E-state index is 0.171. The third-order valence-electron chi connectivity index (χ3n) is 2.20. The highest BCUT2D eigenvalue weighted by Crippen LogP contribution is 2.15. The molecule has 1 atom stereocenters. The van der Waals surface area contributed by atoms with Crippen molar-refractivity contribution in [3.63, 3.8) is 0 Å². The van der Waals surface area contributed by atoms with Gasteiger partial charge in [-0.05, 0) is 38.3 Å². The summed E-state index contributed by atoms with van der Waals surface area (Å²) in [5.41, 5.74) is 5.05. The monoisotopic (exact) mass is 156 g/mol. The van der Waals surface area contributed by atoms with Crippen LogP contribution in [0.15, 0.2) is 0 Å². The Hall–Kier alpha value is -0.570. The van der Waals surface area contributed by atoms with Crippen LogP contribution in [0, 0.1) is 5.92 Å². The molecule has 1 amide bonds. The lowest BCUT2D eigenvalue weighted by Gasteiger charge is -2.21. The summed E-state index contributed by atoms with van der Waals surface area (Å²) in [5.74, 6) is 0.506. The van der Waals surface area contributed by atoms with E-state index in [2.05, 4.69) is 5.32 Å². The SMILES string of the molecule is NC(=O)CCC1CCCNC1. The summed E-state index contributed by atoms with van der Waals surface area (Å²) in [7, 11) is 0. The van der Waals surface area contributed by atoms with E-state index in [1.54, 1.807) is 0 Å². The summed E-state index contributed by atoms with van der Waals surface area (Å²) in [5, 5.41) is 3.31. The highest BCUT2D eigenvalue weighted by Gasteiger charge is 2.12. The summed E-state index contributed by atoms with van der Waals surface area (Å²) in [6, 6.07) is 0. The Kier molecular flexibility index (Phi) is 3.36. The Morgan fingerprint density at radius 3 is 3.00 bits per heavy atom. The molecule has 1 aliphatic rings. The van der Waals surface area contributed by atoms with Gasteiger partial charge in [-0.1, -0.05) is 0 Å². The molecule has 0 radical (unpaired) electrons. The van der Waals surface area contributed by atoms with Gasteiger partial charge in [0.25, 0.3) is 0 Å². The standard InChI is InChI=1S/C8H16N2O/c9-8(11)4-3-7-2-1-5-10-6-7/h7,10H,1-6H2,(H2,9,11). The molecule has 64 valence electrons. The molecule has 0 aromatic rings. The van der Waals surface area contributed by atoms with E-state index in [-0.39, 0.29) is 5.91 Å². The van der Waals surface area contributed by atoms with Crippen LogP contribution in [0.25, 0.3) is 0 Å². The molecule has 1 saturated heterocycles. The van der Waals surface area contributed by atoms with E-state index < -0.39 is 0 Å². The minimum atomic E-state index is -0.171. The Morgan fingerprint density at radius 1 is 1.64 bits per heavy atom. The van der Waals surface area contributed by atoms with E-state index in [1.165, 1.54) is 12.8 Å². The first-order chi connectivity index (χ1) is 5.29. The average molecular weight is 156 g/mol. The molecule has 1 unspecified atom stereocenters. The van der Waals surface area contributed by atoms with Gasteiger partial charge < -0.3 is 11.1 Å². The largest absolute Gasteiger partial charge is 0.370 e. The number of carbonyl (C=O) groups is 1. The number of primary amides is 1. The van der Waals surface area contributed by atoms with E-state index in [1.807, 2.05) is 0 Å². The molecular formula is C8H16N2O. The molecule has 0 spiro atoms. The van der Waals surface area contributed by atoms with E-state index >= 15 is 0 Å². The number of hydrogen-bond acceptors (Lipinski definition) is 2. The Bertz CT molecular complexity index is 130. The maximum absolute atomic E-state index is 10.4. The van der Waals surface area contributed by atoms with E-state index in [0.29, 0.717) is 12.3 Å². The normalized spacial score (nSPS) is 24.9. The molecule has 0 saturated carbocycles. The van der Waals surface area contributed by atoms with Crippen molar-refractivity contribution in [3.8, 4) is 0 Å². The van der Waals surface area contributed by atoms with Crippen LogP contribution in [0.3, 0.4) is 0 Å². The van der Waals surface area contributed by atoms with Gasteiger partial charge in [0, 0.05) is 6.42 Å². The molecule has 1 rings (SSSR count). The van der Waals surface area contributed by atoms with Crippen molar-refractivity contribution in [2.24, 2.45) is 11.7 Å². The zero-order chi connectivity index (χ0) is 8.10. The molecule has 0 aliphatic carbocycles. The molecular weight excluding hydrogens is 140 g/mol. The fourth-order valence-electron chi connectivity index (χ4n) is 1.52. The summed E-state index contributed by atoms with van der Waals surface area (Å²) in [6.07, 6.45) is 4.00. The Balaban J connectivity index is 2.09. The second-order valence-electron chi connectivity index (χ2n) is 3.22. The van der Waals surface area contributed by atoms with Crippen molar-refractivity contribution >= 4 is 5.91 Å². The predicted octanol–water partition coefficient (Wildman–Crippen LogP) is 0.251. The summed E-state index contributed by atoms with van der Waals surface area (Å²) in [6.45, 7) is 2.19. The Labute approximate surface area is 67.3 Å². The van der Waals surface area contributed by atoms with Crippen molar-refractivity contribution in [1.82, 2.24) is 5.32 Å². The third kappa shape index (κ3) is 3.37. The van der Waals surface area contributed by atoms with Gasteiger partial charge in [0.05, 0.1) is 0 Å². The molecule has 3 nitrogen and oxygen atoms in total. The zero-order valence-corrected chi connectivity index (χ0v) is 6.81. The molecule has 1 fully saturated rings. The first-order valence-corrected chi connectivity index (χ1v) is 4.28. The molecule has 1 aliphatic heterocycles. The quantitative estimate of drug-likeness (QED) is 0.615. The lowest BCUT2D eigenvalue weighted by molar-refractivity contribution is -0.118. The molecule has 3 heteroatoms. The van der Waals surface area contributed by atoms with Gasteiger partial charge >= 0.3 is 0 Å². The van der Waals surface area contributed by atoms with Crippen molar-refractivity contribution < 1.29 is 4.79 Å². The van der Waals surface area contributed by atoms with Crippen molar-refractivity contribution in [1.29, 1.82) is 0 Å². The first-order valence-electron chi connectivity index (χ1n) is 4.28. The van der Waals surface area contributed by atoms with Crippen molar-refractivity contribution in [2.45, 2.75) is 25.7 Å². The number of nitrogens with two attached hydrogens (primary N) is 1. The fraction of sp³-hybridized carbons (Fsp3) is 0.875. The molecule has 3 N–H and O–H groups in total. The molecule has 0 bridgehead atoms. The van der Waals surface area contributed by atoms with Crippen LogP contribution >= 0.6 is 0 Å². The van der Waals surface area contributed by atoms with Gasteiger partial charge in [-0.3, -0.25) is 4.79 Å². The number of amides is 1. The molecule has 11 heavy (non-hydrogen) atoms. The topological polar surface area (TPSA) is 55.1 Å². The molecule has 0 aromatic carbocycles. The molecule has 0 aromatic heterocycles. The third-order valence-corrected chi connectivity index (χ3v) is 2.20. The second kappa shape index (κ2) is 4.34. The lowest BCUT2D eigenvalue weighted by Crippen LogP contribution is -2.30.